The van der Waals surface area contributed by atoms with E-state index in [9.17, 15) is 8.42 Å². The van der Waals surface area contributed by atoms with Gasteiger partial charge < -0.3 is 4.74 Å². The fraction of sp³-hybridized carbons (Fsp3) is 0.625. The zero-order valence-corrected chi connectivity index (χ0v) is 13.5. The SMILES string of the molecule is C[C@@H]1[C@H](c2ccccc2)OC2(CCCCC2)N1S(C)(=O)=O. The summed E-state index contributed by atoms with van der Waals surface area (Å²) in [6, 6.07) is 9.78. The standard InChI is InChI=1S/C16H23NO3S/c1-13-15(14-9-5-3-6-10-14)20-16(11-7-4-8-12-16)17(13)21(2,18)19/h3,5-6,9-10,13,15H,4,7-8,11-12H2,1-2H3/t13-,15-/m1/s1. The topological polar surface area (TPSA) is 46.6 Å². The second-order valence-corrected chi connectivity index (χ2v) is 8.11. The number of rotatable bonds is 2. The molecule has 116 valence electrons. The number of hydrogen-bond donors (Lipinski definition) is 0. The molecule has 1 saturated carbocycles. The maximum absolute atomic E-state index is 12.3. The Kier molecular flexibility index (Phi) is 3.84. The van der Waals surface area contributed by atoms with Gasteiger partial charge in [-0.3, -0.25) is 0 Å². The molecule has 2 aliphatic rings. The lowest BCUT2D eigenvalue weighted by Crippen LogP contribution is -2.51. The minimum absolute atomic E-state index is 0.166. The molecule has 0 amide bonds. The van der Waals surface area contributed by atoms with Gasteiger partial charge in [0.2, 0.25) is 10.0 Å². The van der Waals surface area contributed by atoms with Crippen molar-refractivity contribution in [2.75, 3.05) is 6.26 Å². The summed E-state index contributed by atoms with van der Waals surface area (Å²) < 4.78 is 32.7. The van der Waals surface area contributed by atoms with Crippen LogP contribution in [0, 0.1) is 0 Å². The molecule has 1 aliphatic heterocycles. The van der Waals surface area contributed by atoms with Crippen molar-refractivity contribution in [1.82, 2.24) is 4.31 Å². The van der Waals surface area contributed by atoms with E-state index in [-0.39, 0.29) is 12.1 Å². The van der Waals surface area contributed by atoms with Crippen molar-refractivity contribution in [1.29, 1.82) is 0 Å². The molecule has 1 aromatic carbocycles. The third-order valence-corrected chi connectivity index (χ3v) is 6.06. The average Bonchev–Trinajstić information content (AvgIpc) is 2.73. The molecule has 0 unspecified atom stereocenters. The van der Waals surface area contributed by atoms with Crippen molar-refractivity contribution in [3.8, 4) is 0 Å². The van der Waals surface area contributed by atoms with Gasteiger partial charge in [0.15, 0.2) is 0 Å². The van der Waals surface area contributed by atoms with Crippen LogP contribution < -0.4 is 0 Å². The predicted octanol–water partition coefficient (Wildman–Crippen LogP) is 3.07. The molecular weight excluding hydrogens is 286 g/mol. The number of benzene rings is 1. The van der Waals surface area contributed by atoms with Crippen LogP contribution in [0.2, 0.25) is 0 Å². The summed E-state index contributed by atoms with van der Waals surface area (Å²) >= 11 is 0. The lowest BCUT2D eigenvalue weighted by molar-refractivity contribution is -0.103. The van der Waals surface area contributed by atoms with E-state index in [0.717, 1.165) is 37.7 Å². The molecule has 0 N–H and O–H groups in total. The fourth-order valence-electron chi connectivity index (χ4n) is 3.92. The van der Waals surface area contributed by atoms with E-state index in [1.54, 1.807) is 4.31 Å². The molecule has 0 aromatic heterocycles. The summed E-state index contributed by atoms with van der Waals surface area (Å²) in [5.74, 6) is 0. The summed E-state index contributed by atoms with van der Waals surface area (Å²) in [5.41, 5.74) is 0.423. The smallest absolute Gasteiger partial charge is 0.213 e. The van der Waals surface area contributed by atoms with Crippen molar-refractivity contribution in [2.45, 2.75) is 56.9 Å². The predicted molar refractivity (Wildman–Crippen MR) is 82.2 cm³/mol. The number of ether oxygens (including phenoxy) is 1. The molecule has 2 atom stereocenters. The molecule has 1 aliphatic carbocycles. The van der Waals surface area contributed by atoms with Crippen LogP contribution in [-0.2, 0) is 14.8 Å². The zero-order valence-electron chi connectivity index (χ0n) is 12.7. The van der Waals surface area contributed by atoms with Crippen LogP contribution in [0.25, 0.3) is 0 Å². The van der Waals surface area contributed by atoms with Gasteiger partial charge in [0.05, 0.1) is 12.3 Å². The van der Waals surface area contributed by atoms with Gasteiger partial charge in [-0.05, 0) is 38.2 Å². The van der Waals surface area contributed by atoms with E-state index < -0.39 is 15.7 Å². The molecular formula is C16H23NO3S. The van der Waals surface area contributed by atoms with Crippen LogP contribution in [0.3, 0.4) is 0 Å². The van der Waals surface area contributed by atoms with Crippen LogP contribution in [0.5, 0.6) is 0 Å². The highest BCUT2D eigenvalue weighted by molar-refractivity contribution is 7.88. The first-order chi connectivity index (χ1) is 9.94. The van der Waals surface area contributed by atoms with E-state index in [2.05, 4.69) is 0 Å². The Hall–Kier alpha value is -0.910. The largest absolute Gasteiger partial charge is 0.350 e. The Morgan fingerprint density at radius 3 is 2.33 bits per heavy atom. The Bertz CT molecular complexity index is 593. The molecule has 3 rings (SSSR count). The van der Waals surface area contributed by atoms with Crippen LogP contribution in [0.15, 0.2) is 30.3 Å². The molecule has 1 saturated heterocycles. The number of nitrogens with zero attached hydrogens (tertiary/aromatic N) is 1. The van der Waals surface area contributed by atoms with Gasteiger partial charge in [-0.2, -0.15) is 4.31 Å². The van der Waals surface area contributed by atoms with Gasteiger partial charge in [-0.25, -0.2) is 8.42 Å². The highest BCUT2D eigenvalue weighted by Crippen LogP contribution is 2.49. The van der Waals surface area contributed by atoms with Gasteiger partial charge in [0.1, 0.15) is 11.8 Å². The highest BCUT2D eigenvalue weighted by atomic mass is 32.2. The van der Waals surface area contributed by atoms with Gasteiger partial charge in [0, 0.05) is 0 Å². The molecule has 1 aromatic rings. The Labute approximate surface area is 127 Å². The Balaban J connectivity index is 2.01. The van der Waals surface area contributed by atoms with Gasteiger partial charge in [-0.15, -0.1) is 0 Å². The summed E-state index contributed by atoms with van der Waals surface area (Å²) in [6.07, 6.45) is 5.94. The summed E-state index contributed by atoms with van der Waals surface area (Å²) in [7, 11) is -3.29. The number of hydrogen-bond acceptors (Lipinski definition) is 3. The minimum atomic E-state index is -3.29. The first-order valence-corrected chi connectivity index (χ1v) is 9.51. The summed E-state index contributed by atoms with van der Waals surface area (Å²) in [4.78, 5) is 0. The summed E-state index contributed by atoms with van der Waals surface area (Å²) in [5, 5.41) is 0. The van der Waals surface area contributed by atoms with Crippen molar-refractivity contribution < 1.29 is 13.2 Å². The maximum atomic E-state index is 12.3. The van der Waals surface area contributed by atoms with Crippen molar-refractivity contribution >= 4 is 10.0 Å². The van der Waals surface area contributed by atoms with Crippen molar-refractivity contribution in [3.05, 3.63) is 35.9 Å². The molecule has 2 fully saturated rings. The Morgan fingerprint density at radius 1 is 1.14 bits per heavy atom. The van der Waals surface area contributed by atoms with E-state index in [4.69, 9.17) is 4.74 Å². The highest BCUT2D eigenvalue weighted by Gasteiger charge is 2.55. The lowest BCUT2D eigenvalue weighted by Gasteiger charge is -2.39. The van der Waals surface area contributed by atoms with Crippen molar-refractivity contribution in [2.24, 2.45) is 0 Å². The van der Waals surface area contributed by atoms with E-state index >= 15 is 0 Å². The lowest BCUT2D eigenvalue weighted by atomic mass is 9.92. The molecule has 1 spiro atoms. The molecule has 1 heterocycles. The normalized spacial score (nSPS) is 29.8. The van der Waals surface area contributed by atoms with Crippen LogP contribution in [0.1, 0.15) is 50.7 Å². The van der Waals surface area contributed by atoms with Gasteiger partial charge in [0.25, 0.3) is 0 Å². The van der Waals surface area contributed by atoms with Gasteiger partial charge >= 0.3 is 0 Å². The first kappa shape index (κ1) is 15.0. The van der Waals surface area contributed by atoms with Crippen LogP contribution >= 0.6 is 0 Å². The molecule has 21 heavy (non-hydrogen) atoms. The van der Waals surface area contributed by atoms with E-state index in [0.29, 0.717) is 0 Å². The maximum Gasteiger partial charge on any atom is 0.213 e. The number of sulfonamides is 1. The fourth-order valence-corrected chi connectivity index (χ4v) is 5.46. The zero-order chi connectivity index (χ0) is 15.1. The monoisotopic (exact) mass is 309 g/mol. The third-order valence-electron chi connectivity index (χ3n) is 4.68. The Morgan fingerprint density at radius 2 is 1.76 bits per heavy atom. The average molecular weight is 309 g/mol. The van der Waals surface area contributed by atoms with E-state index in [1.807, 2.05) is 37.3 Å². The molecule has 4 nitrogen and oxygen atoms in total. The molecule has 0 radical (unpaired) electrons. The van der Waals surface area contributed by atoms with Gasteiger partial charge in [-0.1, -0.05) is 36.8 Å². The second kappa shape index (κ2) is 5.38. The quantitative estimate of drug-likeness (QED) is 0.843. The summed E-state index contributed by atoms with van der Waals surface area (Å²) in [6.45, 7) is 1.96. The third kappa shape index (κ3) is 2.62. The second-order valence-electron chi connectivity index (χ2n) is 6.26. The van der Waals surface area contributed by atoms with Crippen LogP contribution in [0.4, 0.5) is 0 Å². The van der Waals surface area contributed by atoms with E-state index in [1.165, 1.54) is 6.26 Å². The first-order valence-electron chi connectivity index (χ1n) is 7.66. The molecule has 5 heteroatoms. The van der Waals surface area contributed by atoms with Crippen molar-refractivity contribution in [3.63, 3.8) is 0 Å². The minimum Gasteiger partial charge on any atom is -0.350 e. The van der Waals surface area contributed by atoms with Crippen LogP contribution in [-0.4, -0.2) is 30.7 Å². The molecule has 0 bridgehead atoms.